The van der Waals surface area contributed by atoms with Gasteiger partial charge in [0.05, 0.1) is 24.7 Å². The van der Waals surface area contributed by atoms with Crippen LogP contribution in [0.25, 0.3) is 0 Å². The van der Waals surface area contributed by atoms with E-state index in [0.717, 1.165) is 71.4 Å². The van der Waals surface area contributed by atoms with E-state index in [1.807, 2.05) is 0 Å². The van der Waals surface area contributed by atoms with Crippen molar-refractivity contribution in [2.75, 3.05) is 6.54 Å². The predicted octanol–water partition coefficient (Wildman–Crippen LogP) is 14.7. The highest BCUT2D eigenvalue weighted by molar-refractivity contribution is 4.94. The molecule has 47 heavy (non-hydrogen) atoms. The summed E-state index contributed by atoms with van der Waals surface area (Å²) in [5.41, 5.74) is 0. The number of unbranched alkanes of at least 4 members (excludes halogenated alkanes) is 13. The van der Waals surface area contributed by atoms with Gasteiger partial charge in [0.15, 0.2) is 0 Å². The fourth-order valence-corrected chi connectivity index (χ4v) is 11.9. The first kappa shape index (κ1) is 41.4. The molecule has 3 saturated carbocycles. The minimum atomic E-state index is 0.818. The van der Waals surface area contributed by atoms with Crippen LogP contribution in [0.2, 0.25) is 0 Å². The number of hydrogen-bond acceptors (Lipinski definition) is 0. The molecule has 0 bridgehead atoms. The van der Waals surface area contributed by atoms with Crippen molar-refractivity contribution in [2.45, 2.75) is 235 Å². The summed E-state index contributed by atoms with van der Waals surface area (Å²) < 4.78 is 1.56. The van der Waals surface area contributed by atoms with E-state index in [9.17, 15) is 0 Å². The van der Waals surface area contributed by atoms with Crippen LogP contribution < -0.4 is 0 Å². The summed E-state index contributed by atoms with van der Waals surface area (Å²) in [4.78, 5) is 0. The van der Waals surface area contributed by atoms with Gasteiger partial charge in [0.1, 0.15) is 0 Å². The third-order valence-corrected chi connectivity index (χ3v) is 14.7. The topological polar surface area (TPSA) is 0 Å². The molecule has 278 valence electrons. The lowest BCUT2D eigenvalue weighted by Crippen LogP contribution is -2.74. The summed E-state index contributed by atoms with van der Waals surface area (Å²) >= 11 is 0. The smallest absolute Gasteiger partial charge is 0.0928 e. The Hall–Kier alpha value is -0.0400. The molecule has 1 heteroatoms. The Balaban J connectivity index is 1.83. The molecule has 0 N–H and O–H groups in total. The van der Waals surface area contributed by atoms with Crippen molar-refractivity contribution < 1.29 is 4.48 Å². The summed E-state index contributed by atoms with van der Waals surface area (Å²) in [6.07, 6.45) is 34.0. The minimum absolute atomic E-state index is 0.818. The maximum atomic E-state index is 2.64. The Bertz CT molecular complexity index is 718. The van der Waals surface area contributed by atoms with Crippen molar-refractivity contribution in [3.8, 4) is 0 Å². The lowest BCUT2D eigenvalue weighted by molar-refractivity contribution is -1.01. The van der Waals surface area contributed by atoms with Crippen molar-refractivity contribution in [1.82, 2.24) is 0 Å². The second-order valence-electron chi connectivity index (χ2n) is 19.5. The average molecular weight is 657 g/mol. The lowest BCUT2D eigenvalue weighted by Gasteiger charge is -2.64. The predicted molar refractivity (Wildman–Crippen MR) is 211 cm³/mol. The average Bonchev–Trinajstić information content (AvgIpc) is 3.02. The van der Waals surface area contributed by atoms with Gasteiger partial charge in [-0.1, -0.05) is 146 Å². The van der Waals surface area contributed by atoms with Crippen molar-refractivity contribution in [2.24, 2.45) is 53.3 Å². The molecule has 0 amide bonds. The number of nitrogens with zero attached hydrogens (tertiary/aromatic N) is 1. The maximum absolute atomic E-state index is 2.64. The zero-order chi connectivity index (χ0) is 34.4. The van der Waals surface area contributed by atoms with Gasteiger partial charge in [0.2, 0.25) is 0 Å². The molecule has 0 aromatic carbocycles. The van der Waals surface area contributed by atoms with E-state index in [2.05, 4.69) is 69.2 Å². The Morgan fingerprint density at radius 1 is 0.404 bits per heavy atom. The first-order valence-electron chi connectivity index (χ1n) is 22.4. The van der Waals surface area contributed by atoms with E-state index in [0.29, 0.717) is 0 Å². The number of quaternary nitrogens is 1. The van der Waals surface area contributed by atoms with E-state index in [4.69, 9.17) is 0 Å². The van der Waals surface area contributed by atoms with Gasteiger partial charge in [-0.05, 0) is 86.9 Å². The van der Waals surface area contributed by atoms with Gasteiger partial charge >= 0.3 is 0 Å². The second kappa shape index (κ2) is 21.4. The molecule has 3 fully saturated rings. The monoisotopic (exact) mass is 657 g/mol. The lowest BCUT2D eigenvalue weighted by atomic mass is 9.63. The summed E-state index contributed by atoms with van der Waals surface area (Å²) in [5.74, 6) is 7.89. The molecule has 9 unspecified atom stereocenters. The fourth-order valence-electron chi connectivity index (χ4n) is 11.9. The van der Waals surface area contributed by atoms with Crippen LogP contribution in [-0.2, 0) is 0 Å². The number of hydrogen-bond donors (Lipinski definition) is 0. The molecule has 0 spiro atoms. The highest BCUT2D eigenvalue weighted by Crippen LogP contribution is 2.53. The van der Waals surface area contributed by atoms with Gasteiger partial charge in [-0.2, -0.15) is 0 Å². The summed E-state index contributed by atoms with van der Waals surface area (Å²) in [6.45, 7) is 27.4. The molecule has 9 atom stereocenters. The SMILES string of the molecule is CCCCCCCCCCCCCCCC[N+](C1CC(C)CCC1C(C)C)(C1CC(C)CCC1C(C)C)C1CC(C)CCC1C(C)C. The molecule has 1 nitrogen and oxygen atoms in total. The van der Waals surface area contributed by atoms with Crippen LogP contribution in [0.15, 0.2) is 0 Å². The highest BCUT2D eigenvalue weighted by atomic mass is 15.4. The van der Waals surface area contributed by atoms with Crippen LogP contribution in [0.1, 0.15) is 217 Å². The van der Waals surface area contributed by atoms with Crippen LogP contribution in [0.4, 0.5) is 0 Å². The highest BCUT2D eigenvalue weighted by Gasteiger charge is 2.59. The molecule has 0 aliphatic heterocycles. The summed E-state index contributed by atoms with van der Waals surface area (Å²) in [7, 11) is 0. The fraction of sp³-hybridized carbons (Fsp3) is 1.00. The van der Waals surface area contributed by atoms with Crippen molar-refractivity contribution in [3.63, 3.8) is 0 Å². The zero-order valence-electron chi connectivity index (χ0n) is 34.3. The largest absolute Gasteiger partial charge is 0.316 e. The van der Waals surface area contributed by atoms with Gasteiger partial charge in [-0.3, -0.25) is 0 Å². The van der Waals surface area contributed by atoms with Crippen LogP contribution in [-0.4, -0.2) is 29.2 Å². The molecule has 3 aliphatic rings. The van der Waals surface area contributed by atoms with Gasteiger partial charge < -0.3 is 4.48 Å². The molecule has 3 rings (SSSR count). The van der Waals surface area contributed by atoms with E-state index in [1.54, 1.807) is 4.48 Å². The molecule has 0 heterocycles. The van der Waals surface area contributed by atoms with Crippen LogP contribution in [0, 0.1) is 53.3 Å². The molecular weight excluding hydrogens is 567 g/mol. The summed E-state index contributed by atoms with van der Waals surface area (Å²) in [6, 6.07) is 2.65. The van der Waals surface area contributed by atoms with Crippen LogP contribution in [0.5, 0.6) is 0 Å². The Labute approximate surface area is 298 Å². The van der Waals surface area contributed by atoms with E-state index in [1.165, 1.54) is 154 Å². The second-order valence-corrected chi connectivity index (χ2v) is 19.5. The normalized spacial score (nSPS) is 33.5. The number of rotatable bonds is 21. The maximum Gasteiger partial charge on any atom is 0.0928 e. The molecule has 3 aliphatic carbocycles. The van der Waals surface area contributed by atoms with Crippen molar-refractivity contribution in [3.05, 3.63) is 0 Å². The molecule has 0 aromatic rings. The molecule has 0 radical (unpaired) electrons. The van der Waals surface area contributed by atoms with Gasteiger partial charge in [-0.15, -0.1) is 0 Å². The van der Waals surface area contributed by atoms with E-state index in [-0.39, 0.29) is 0 Å². The van der Waals surface area contributed by atoms with E-state index < -0.39 is 0 Å². The first-order valence-corrected chi connectivity index (χ1v) is 22.4. The van der Waals surface area contributed by atoms with Crippen molar-refractivity contribution in [1.29, 1.82) is 0 Å². The third kappa shape index (κ3) is 12.0. The van der Waals surface area contributed by atoms with Crippen LogP contribution >= 0.6 is 0 Å². The Kier molecular flexibility index (Phi) is 18.8. The Morgan fingerprint density at radius 2 is 0.681 bits per heavy atom. The van der Waals surface area contributed by atoms with Gasteiger partial charge in [-0.25, -0.2) is 0 Å². The summed E-state index contributed by atoms with van der Waals surface area (Å²) in [5, 5.41) is 0. The Morgan fingerprint density at radius 3 is 0.957 bits per heavy atom. The standard InChI is InChI=1S/C46H90N/c1-11-12-13-14-15-16-17-18-19-20-21-22-23-24-31-47(44-32-38(8)25-28-41(44)35(2)3,45-33-39(9)26-29-42(45)36(4)5)46-34-40(10)27-30-43(46)37(6)7/h35-46H,11-34H2,1-10H3/q+1. The zero-order valence-corrected chi connectivity index (χ0v) is 34.3. The minimum Gasteiger partial charge on any atom is -0.316 e. The first-order chi connectivity index (χ1) is 22.5. The van der Waals surface area contributed by atoms with Crippen LogP contribution in [0.3, 0.4) is 0 Å². The molecular formula is C46H90N+. The quantitative estimate of drug-likeness (QED) is 0.0852. The third-order valence-electron chi connectivity index (χ3n) is 14.7. The van der Waals surface area contributed by atoms with Gasteiger partial charge in [0.25, 0.3) is 0 Å². The van der Waals surface area contributed by atoms with E-state index >= 15 is 0 Å². The molecule has 0 aromatic heterocycles. The molecule has 0 saturated heterocycles. The van der Waals surface area contributed by atoms with Crippen molar-refractivity contribution >= 4 is 0 Å². The van der Waals surface area contributed by atoms with Gasteiger partial charge in [0, 0.05) is 37.0 Å².